The van der Waals surface area contributed by atoms with E-state index in [-0.39, 0.29) is 16.1 Å². The summed E-state index contributed by atoms with van der Waals surface area (Å²) in [6.07, 6.45) is -1.35. The number of sulfonamides is 1. The van der Waals surface area contributed by atoms with Crippen molar-refractivity contribution in [3.8, 4) is 0 Å². The van der Waals surface area contributed by atoms with E-state index in [1.165, 1.54) is 43.3 Å². The lowest BCUT2D eigenvalue weighted by atomic mass is 10.1. The molecule has 14 heteroatoms. The molecule has 3 N–H and O–H groups in total. The number of anilines is 1. The van der Waals surface area contributed by atoms with Gasteiger partial charge in [-0.1, -0.05) is 6.07 Å². The molecule has 2 aromatic rings. The fourth-order valence-corrected chi connectivity index (χ4v) is 3.52. The van der Waals surface area contributed by atoms with Crippen molar-refractivity contribution in [1.29, 1.82) is 0 Å². The molecule has 13 nitrogen and oxygen atoms in total. The van der Waals surface area contributed by atoms with E-state index in [2.05, 4.69) is 5.32 Å². The van der Waals surface area contributed by atoms with E-state index in [1.807, 2.05) is 0 Å². The highest BCUT2D eigenvalue weighted by Gasteiger charge is 2.42. The number of nitrogens with two attached hydrogens (primary N) is 1. The van der Waals surface area contributed by atoms with Crippen LogP contribution in [0.1, 0.15) is 27.6 Å². The summed E-state index contributed by atoms with van der Waals surface area (Å²) in [7, 11) is -3.91. The van der Waals surface area contributed by atoms with Gasteiger partial charge in [-0.05, 0) is 37.3 Å². The van der Waals surface area contributed by atoms with Gasteiger partial charge in [0.05, 0.1) is 15.4 Å². The van der Waals surface area contributed by atoms with Crippen LogP contribution in [0.25, 0.3) is 0 Å². The van der Waals surface area contributed by atoms with Gasteiger partial charge in [0.1, 0.15) is 12.1 Å². The monoisotopic (exact) mass is 476 g/mol. The second-order valence-corrected chi connectivity index (χ2v) is 8.41. The highest BCUT2D eigenvalue weighted by Crippen LogP contribution is 2.30. The normalized spacial score (nSPS) is 13.9. The number of imide groups is 1. The zero-order chi connectivity index (χ0) is 24.5. The average Bonchev–Trinajstić information content (AvgIpc) is 2.98. The summed E-state index contributed by atoms with van der Waals surface area (Å²) < 4.78 is 27.5. The van der Waals surface area contributed by atoms with Crippen molar-refractivity contribution in [2.75, 3.05) is 11.9 Å². The average molecular weight is 476 g/mol. The highest BCUT2D eigenvalue weighted by atomic mass is 32.2. The topological polar surface area (TPSA) is 196 Å². The molecule has 3 amide bonds. The molecule has 0 bridgehead atoms. The quantitative estimate of drug-likeness (QED) is 0.246. The van der Waals surface area contributed by atoms with E-state index in [1.54, 1.807) is 0 Å². The van der Waals surface area contributed by atoms with Crippen molar-refractivity contribution < 1.29 is 37.3 Å². The van der Waals surface area contributed by atoms with E-state index < -0.39 is 62.5 Å². The van der Waals surface area contributed by atoms with Gasteiger partial charge < -0.3 is 10.1 Å². The lowest BCUT2D eigenvalue weighted by Gasteiger charge is -2.16. The minimum absolute atomic E-state index is 0.166. The van der Waals surface area contributed by atoms with Gasteiger partial charge in [-0.3, -0.25) is 34.2 Å². The van der Waals surface area contributed by atoms with Crippen LogP contribution in [0.4, 0.5) is 11.4 Å². The van der Waals surface area contributed by atoms with E-state index in [4.69, 9.17) is 9.88 Å². The molecule has 0 aliphatic carbocycles. The maximum atomic E-state index is 12.5. The van der Waals surface area contributed by atoms with Crippen LogP contribution < -0.4 is 10.5 Å². The number of nitrogens with zero attached hydrogens (tertiary/aromatic N) is 2. The van der Waals surface area contributed by atoms with E-state index in [9.17, 15) is 37.7 Å². The summed E-state index contributed by atoms with van der Waals surface area (Å²) in [6.45, 7) is 0.378. The van der Waals surface area contributed by atoms with E-state index in [0.29, 0.717) is 4.90 Å². The number of carbonyl (C=O) groups is 4. The number of primary sulfonamides is 1. The first-order valence-electron chi connectivity index (χ1n) is 9.17. The summed E-state index contributed by atoms with van der Waals surface area (Å²) in [6, 6.07) is 8.42. The van der Waals surface area contributed by atoms with Crippen molar-refractivity contribution in [2.45, 2.75) is 17.9 Å². The van der Waals surface area contributed by atoms with Crippen LogP contribution in [0.5, 0.6) is 0 Å². The molecule has 1 heterocycles. The number of nitro groups is 1. The van der Waals surface area contributed by atoms with Crippen molar-refractivity contribution in [1.82, 2.24) is 4.90 Å². The van der Waals surface area contributed by atoms with Gasteiger partial charge in [0.2, 0.25) is 10.0 Å². The Morgan fingerprint density at radius 1 is 1.15 bits per heavy atom. The van der Waals surface area contributed by atoms with Crippen molar-refractivity contribution in [2.24, 2.45) is 5.14 Å². The molecule has 0 aromatic heterocycles. The molecule has 3 rings (SSSR count). The van der Waals surface area contributed by atoms with Gasteiger partial charge in [-0.15, -0.1) is 0 Å². The van der Waals surface area contributed by atoms with Gasteiger partial charge in [0.15, 0.2) is 6.10 Å². The zero-order valence-corrected chi connectivity index (χ0v) is 17.7. The molecule has 1 aliphatic heterocycles. The van der Waals surface area contributed by atoms with Crippen LogP contribution in [0.2, 0.25) is 0 Å². The molecule has 2 aromatic carbocycles. The number of benzene rings is 2. The fourth-order valence-electron chi connectivity index (χ4n) is 3.00. The van der Waals surface area contributed by atoms with Crippen LogP contribution >= 0.6 is 0 Å². The number of nitro benzene ring substituents is 1. The SMILES string of the molecule is C[C@@H](OC(=O)CN1C(=O)c2cccc([N+](=O)[O-])c2C1=O)C(=O)Nc1ccc(S(N)(=O)=O)cc1. The van der Waals surface area contributed by atoms with Crippen LogP contribution in [-0.2, 0) is 24.3 Å². The summed E-state index contributed by atoms with van der Waals surface area (Å²) in [5, 5.41) is 18.5. The molecule has 0 saturated carbocycles. The van der Waals surface area contributed by atoms with E-state index >= 15 is 0 Å². The number of amides is 3. The largest absolute Gasteiger partial charge is 0.451 e. The van der Waals surface area contributed by atoms with Gasteiger partial charge in [-0.25, -0.2) is 13.6 Å². The fraction of sp³-hybridized carbons (Fsp3) is 0.158. The number of esters is 1. The van der Waals surface area contributed by atoms with Gasteiger partial charge in [0.25, 0.3) is 23.4 Å². The number of hydrogen-bond donors (Lipinski definition) is 2. The number of ether oxygens (including phenoxy) is 1. The smallest absolute Gasteiger partial charge is 0.326 e. The number of rotatable bonds is 7. The van der Waals surface area contributed by atoms with Crippen LogP contribution in [-0.4, -0.2) is 54.6 Å². The third-order valence-electron chi connectivity index (χ3n) is 4.59. The summed E-state index contributed by atoms with van der Waals surface area (Å²) >= 11 is 0. The Hall–Kier alpha value is -4.17. The second-order valence-electron chi connectivity index (χ2n) is 6.84. The Bertz CT molecular complexity index is 1290. The molecule has 33 heavy (non-hydrogen) atoms. The maximum Gasteiger partial charge on any atom is 0.326 e. The number of carbonyl (C=O) groups excluding carboxylic acids is 4. The standard InChI is InChI=1S/C19H16N4O9S/c1-10(17(25)21-11-5-7-12(8-6-11)33(20,30)31)32-15(24)9-22-18(26)13-3-2-4-14(23(28)29)16(13)19(22)27/h2-8,10H,9H2,1H3,(H,21,25)(H2,20,30,31)/t10-/m1/s1. The highest BCUT2D eigenvalue weighted by molar-refractivity contribution is 7.89. The number of hydrogen-bond acceptors (Lipinski definition) is 9. The summed E-state index contributed by atoms with van der Waals surface area (Å²) in [4.78, 5) is 60.0. The zero-order valence-electron chi connectivity index (χ0n) is 16.9. The van der Waals surface area contributed by atoms with Crippen LogP contribution in [0.3, 0.4) is 0 Å². The van der Waals surface area contributed by atoms with Crippen molar-refractivity contribution in [3.63, 3.8) is 0 Å². The minimum Gasteiger partial charge on any atom is -0.451 e. The lowest BCUT2D eigenvalue weighted by molar-refractivity contribution is -0.385. The first-order chi connectivity index (χ1) is 15.4. The Morgan fingerprint density at radius 3 is 2.36 bits per heavy atom. The molecule has 0 spiro atoms. The molecule has 0 saturated heterocycles. The predicted molar refractivity (Wildman–Crippen MR) is 110 cm³/mol. The minimum atomic E-state index is -3.91. The third-order valence-corrected chi connectivity index (χ3v) is 5.52. The second kappa shape index (κ2) is 8.76. The van der Waals surface area contributed by atoms with Crippen molar-refractivity contribution in [3.05, 3.63) is 63.7 Å². The van der Waals surface area contributed by atoms with Crippen molar-refractivity contribution >= 4 is 45.1 Å². The Morgan fingerprint density at radius 2 is 1.79 bits per heavy atom. The molecule has 0 radical (unpaired) electrons. The first-order valence-corrected chi connectivity index (χ1v) is 10.7. The van der Waals surface area contributed by atoms with Gasteiger partial charge in [-0.2, -0.15) is 0 Å². The summed E-state index contributed by atoms with van der Waals surface area (Å²) in [5.41, 5.74) is -1.00. The molecule has 1 aliphatic rings. The molecule has 0 fully saturated rings. The van der Waals surface area contributed by atoms with Gasteiger partial charge >= 0.3 is 5.97 Å². The van der Waals surface area contributed by atoms with Gasteiger partial charge in [0, 0.05) is 11.8 Å². The maximum absolute atomic E-state index is 12.5. The molecule has 0 unspecified atom stereocenters. The van der Waals surface area contributed by atoms with E-state index in [0.717, 1.165) is 6.07 Å². The molecular weight excluding hydrogens is 460 g/mol. The lowest BCUT2D eigenvalue weighted by Crippen LogP contribution is -2.38. The Labute approximate surface area is 186 Å². The number of nitrogens with one attached hydrogen (secondary N) is 1. The molecule has 172 valence electrons. The Balaban J connectivity index is 1.63. The molecular formula is C19H16N4O9S. The predicted octanol–water partition coefficient (Wildman–Crippen LogP) is 0.409. The third kappa shape index (κ3) is 4.86. The van der Waals surface area contributed by atoms with Crippen LogP contribution in [0, 0.1) is 10.1 Å². The summed E-state index contributed by atoms with van der Waals surface area (Å²) in [5.74, 6) is -3.79. The van der Waals surface area contributed by atoms with Crippen LogP contribution in [0.15, 0.2) is 47.4 Å². The Kier molecular flexibility index (Phi) is 6.23. The first kappa shape index (κ1) is 23.5. The molecule has 1 atom stereocenters. The number of fused-ring (bicyclic) bond motifs is 1.